The Balaban J connectivity index is 1.43. The molecule has 3 aromatic heterocycles. The number of hydrogen-bond donors (Lipinski definition) is 0. The summed E-state index contributed by atoms with van der Waals surface area (Å²) in [6.45, 7) is 3.80. The second-order valence-corrected chi connectivity index (χ2v) is 6.07. The fourth-order valence-corrected chi connectivity index (χ4v) is 3.19. The van der Waals surface area contributed by atoms with E-state index in [4.69, 9.17) is 9.15 Å². The van der Waals surface area contributed by atoms with Crippen molar-refractivity contribution in [3.05, 3.63) is 60.5 Å². The SMILES string of the molecule is C[C@@H]1c2ncc(CCOc3ccccn3)n2CCN1C(=O)c1cocn1. The average Bonchev–Trinajstić information content (AvgIpc) is 3.33. The number of imidazole rings is 1. The number of nitrogens with zero attached hydrogens (tertiary/aromatic N) is 5. The van der Waals surface area contributed by atoms with Crippen LogP contribution >= 0.6 is 0 Å². The van der Waals surface area contributed by atoms with Crippen molar-refractivity contribution >= 4 is 5.91 Å². The normalized spacial score (nSPS) is 16.3. The summed E-state index contributed by atoms with van der Waals surface area (Å²) < 4.78 is 12.8. The van der Waals surface area contributed by atoms with Crippen molar-refractivity contribution in [3.8, 4) is 5.88 Å². The standard InChI is InChI=1S/C18H19N5O3/c1-13-17-20-10-14(5-9-26-16-4-2-3-6-19-16)23(17)8-7-22(13)18(24)15-11-25-12-21-15/h2-4,6,10-13H,5,7-9H2,1H3/t13-/m1/s1. The summed E-state index contributed by atoms with van der Waals surface area (Å²) >= 11 is 0. The summed E-state index contributed by atoms with van der Waals surface area (Å²) in [5.41, 5.74) is 1.41. The molecule has 0 spiro atoms. The summed E-state index contributed by atoms with van der Waals surface area (Å²) in [7, 11) is 0. The Morgan fingerprint density at radius 1 is 1.31 bits per heavy atom. The van der Waals surface area contributed by atoms with Crippen LogP contribution in [0.2, 0.25) is 0 Å². The monoisotopic (exact) mass is 353 g/mol. The first-order valence-corrected chi connectivity index (χ1v) is 8.51. The number of hydrogen-bond acceptors (Lipinski definition) is 6. The van der Waals surface area contributed by atoms with Gasteiger partial charge in [0.15, 0.2) is 12.1 Å². The van der Waals surface area contributed by atoms with E-state index in [-0.39, 0.29) is 11.9 Å². The third-order valence-electron chi connectivity index (χ3n) is 4.53. The van der Waals surface area contributed by atoms with Crippen LogP contribution in [0.4, 0.5) is 0 Å². The van der Waals surface area contributed by atoms with Crippen LogP contribution in [0.3, 0.4) is 0 Å². The van der Waals surface area contributed by atoms with Gasteiger partial charge in [-0.25, -0.2) is 15.0 Å². The molecule has 0 fully saturated rings. The Kier molecular flexibility index (Phi) is 4.39. The second kappa shape index (κ2) is 6.99. The number of ether oxygens (including phenoxy) is 1. The molecule has 0 aromatic carbocycles. The Morgan fingerprint density at radius 2 is 2.23 bits per heavy atom. The topological polar surface area (TPSA) is 86.3 Å². The van der Waals surface area contributed by atoms with Crippen molar-refractivity contribution in [2.45, 2.75) is 25.9 Å². The van der Waals surface area contributed by atoms with Crippen molar-refractivity contribution in [3.63, 3.8) is 0 Å². The van der Waals surface area contributed by atoms with Crippen molar-refractivity contribution in [1.29, 1.82) is 0 Å². The molecule has 3 aromatic rings. The molecule has 1 aliphatic heterocycles. The molecule has 0 N–H and O–H groups in total. The van der Waals surface area contributed by atoms with E-state index >= 15 is 0 Å². The highest BCUT2D eigenvalue weighted by molar-refractivity contribution is 5.92. The quantitative estimate of drug-likeness (QED) is 0.698. The van der Waals surface area contributed by atoms with Crippen molar-refractivity contribution in [2.75, 3.05) is 13.2 Å². The Hall–Kier alpha value is -3.16. The maximum Gasteiger partial charge on any atom is 0.276 e. The van der Waals surface area contributed by atoms with Gasteiger partial charge in [-0.3, -0.25) is 4.79 Å². The van der Waals surface area contributed by atoms with Gasteiger partial charge in [-0.05, 0) is 13.0 Å². The highest BCUT2D eigenvalue weighted by atomic mass is 16.5. The van der Waals surface area contributed by atoms with Gasteiger partial charge >= 0.3 is 0 Å². The van der Waals surface area contributed by atoms with Crippen LogP contribution in [-0.2, 0) is 13.0 Å². The molecular formula is C18H19N5O3. The first-order valence-electron chi connectivity index (χ1n) is 8.51. The van der Waals surface area contributed by atoms with Crippen LogP contribution < -0.4 is 4.74 Å². The highest BCUT2D eigenvalue weighted by Gasteiger charge is 2.31. The Bertz CT molecular complexity index is 876. The lowest BCUT2D eigenvalue weighted by Gasteiger charge is -2.34. The Labute approximate surface area is 150 Å². The summed E-state index contributed by atoms with van der Waals surface area (Å²) in [5, 5.41) is 0. The van der Waals surface area contributed by atoms with Gasteiger partial charge in [0, 0.05) is 43.7 Å². The highest BCUT2D eigenvalue weighted by Crippen LogP contribution is 2.26. The van der Waals surface area contributed by atoms with E-state index in [1.807, 2.05) is 31.3 Å². The van der Waals surface area contributed by atoms with Gasteiger partial charge in [0.2, 0.25) is 5.88 Å². The molecule has 4 rings (SSSR count). The first-order chi connectivity index (χ1) is 12.7. The number of amides is 1. The van der Waals surface area contributed by atoms with Crippen molar-refractivity contribution < 1.29 is 13.9 Å². The van der Waals surface area contributed by atoms with E-state index in [9.17, 15) is 4.79 Å². The molecule has 0 aliphatic carbocycles. The van der Waals surface area contributed by atoms with Gasteiger partial charge in [0.25, 0.3) is 5.91 Å². The predicted octanol–water partition coefficient (Wildman–Crippen LogP) is 2.10. The van der Waals surface area contributed by atoms with Gasteiger partial charge in [0.05, 0.1) is 12.6 Å². The number of fused-ring (bicyclic) bond motifs is 1. The lowest BCUT2D eigenvalue weighted by atomic mass is 10.2. The van der Waals surface area contributed by atoms with Gasteiger partial charge in [-0.15, -0.1) is 0 Å². The summed E-state index contributed by atoms with van der Waals surface area (Å²) in [6, 6.07) is 5.46. The number of pyridine rings is 1. The molecule has 1 atom stereocenters. The average molecular weight is 353 g/mol. The number of carbonyl (C=O) groups excluding carboxylic acids is 1. The van der Waals surface area contributed by atoms with Crippen LogP contribution in [-0.4, -0.2) is 43.5 Å². The van der Waals surface area contributed by atoms with E-state index in [0.29, 0.717) is 31.3 Å². The molecule has 4 heterocycles. The zero-order valence-electron chi connectivity index (χ0n) is 14.4. The molecule has 1 amide bonds. The van der Waals surface area contributed by atoms with Gasteiger partial charge in [-0.2, -0.15) is 0 Å². The van der Waals surface area contributed by atoms with Crippen LogP contribution in [0.25, 0.3) is 0 Å². The van der Waals surface area contributed by atoms with Crippen LogP contribution in [0.5, 0.6) is 5.88 Å². The van der Waals surface area contributed by atoms with Crippen molar-refractivity contribution in [2.24, 2.45) is 0 Å². The van der Waals surface area contributed by atoms with Crippen LogP contribution in [0.1, 0.15) is 35.0 Å². The molecule has 0 unspecified atom stereocenters. The van der Waals surface area contributed by atoms with E-state index in [2.05, 4.69) is 19.5 Å². The van der Waals surface area contributed by atoms with Gasteiger partial charge < -0.3 is 18.6 Å². The first kappa shape index (κ1) is 16.3. The smallest absolute Gasteiger partial charge is 0.276 e. The largest absolute Gasteiger partial charge is 0.477 e. The third kappa shape index (κ3) is 3.05. The zero-order valence-corrected chi connectivity index (χ0v) is 14.4. The molecule has 0 saturated heterocycles. The van der Waals surface area contributed by atoms with E-state index in [1.165, 1.54) is 12.7 Å². The fourth-order valence-electron chi connectivity index (χ4n) is 3.19. The zero-order chi connectivity index (χ0) is 17.9. The minimum Gasteiger partial charge on any atom is -0.477 e. The minimum atomic E-state index is -0.138. The van der Waals surface area contributed by atoms with Gasteiger partial charge in [-0.1, -0.05) is 6.07 Å². The van der Waals surface area contributed by atoms with Gasteiger partial charge in [0.1, 0.15) is 12.1 Å². The van der Waals surface area contributed by atoms with Crippen molar-refractivity contribution in [1.82, 2.24) is 24.4 Å². The molecule has 0 saturated carbocycles. The molecular weight excluding hydrogens is 334 g/mol. The molecule has 0 bridgehead atoms. The Morgan fingerprint density at radius 3 is 3.00 bits per heavy atom. The van der Waals surface area contributed by atoms with Crippen LogP contribution in [0.15, 0.2) is 47.7 Å². The summed E-state index contributed by atoms with van der Waals surface area (Å²) in [5.74, 6) is 1.35. The fraction of sp³-hybridized carbons (Fsp3) is 0.333. The lowest BCUT2D eigenvalue weighted by molar-refractivity contribution is 0.0630. The number of rotatable bonds is 5. The van der Waals surface area contributed by atoms with E-state index in [0.717, 1.165) is 17.9 Å². The minimum absolute atomic E-state index is 0.126. The third-order valence-corrected chi connectivity index (χ3v) is 4.53. The number of oxazole rings is 1. The molecule has 1 aliphatic rings. The second-order valence-electron chi connectivity index (χ2n) is 6.07. The van der Waals surface area contributed by atoms with E-state index in [1.54, 1.807) is 11.1 Å². The van der Waals surface area contributed by atoms with E-state index < -0.39 is 0 Å². The molecule has 8 heteroatoms. The maximum atomic E-state index is 12.6. The number of aromatic nitrogens is 4. The summed E-state index contributed by atoms with van der Waals surface area (Å²) in [4.78, 5) is 27.0. The molecule has 26 heavy (non-hydrogen) atoms. The lowest BCUT2D eigenvalue weighted by Crippen LogP contribution is -2.41. The molecule has 0 radical (unpaired) electrons. The molecule has 134 valence electrons. The predicted molar refractivity (Wildman–Crippen MR) is 91.6 cm³/mol. The van der Waals surface area contributed by atoms with Crippen LogP contribution in [0, 0.1) is 0 Å². The maximum absolute atomic E-state index is 12.6. The molecule has 8 nitrogen and oxygen atoms in total. The number of carbonyl (C=O) groups is 1. The summed E-state index contributed by atoms with van der Waals surface area (Å²) in [6.07, 6.45) is 6.93.